The van der Waals surface area contributed by atoms with Crippen LogP contribution in [0.1, 0.15) is 73.9 Å². The van der Waals surface area contributed by atoms with Gasteiger partial charge in [-0.15, -0.1) is 0 Å². The maximum atomic E-state index is 13.4. The Kier molecular flexibility index (Phi) is 8.35. The second-order valence-electron chi connectivity index (χ2n) is 8.97. The molecule has 0 aliphatic carbocycles. The van der Waals surface area contributed by atoms with Gasteiger partial charge in [-0.25, -0.2) is 8.42 Å². The van der Waals surface area contributed by atoms with E-state index in [0.717, 1.165) is 30.6 Å². The lowest BCUT2D eigenvalue weighted by molar-refractivity contribution is 0.0681. The standard InChI is InChI=1S/C26H35NO4S/c1-4-5-6-16-31-25-13-11-23(12-14-25)26(28)27(24-15-17-32(29,30)19-24)18-21-7-9-22(10-8-21)20(2)3/h7-14,20,24H,4-6,15-19H2,1-3H3. The van der Waals surface area contributed by atoms with Crippen LogP contribution < -0.4 is 4.74 Å². The number of amides is 1. The highest BCUT2D eigenvalue weighted by atomic mass is 32.2. The molecular formula is C26H35NO4S. The Morgan fingerprint density at radius 2 is 1.75 bits per heavy atom. The van der Waals surface area contributed by atoms with Gasteiger partial charge >= 0.3 is 0 Å². The van der Waals surface area contributed by atoms with Crippen molar-refractivity contribution in [2.45, 2.75) is 65.0 Å². The first-order valence-electron chi connectivity index (χ1n) is 11.6. The van der Waals surface area contributed by atoms with Gasteiger partial charge in [0.2, 0.25) is 0 Å². The topological polar surface area (TPSA) is 63.7 Å². The molecule has 2 aromatic rings. The number of carbonyl (C=O) groups excluding carboxylic acids is 1. The average molecular weight is 458 g/mol. The van der Waals surface area contributed by atoms with Crippen LogP contribution in [0.3, 0.4) is 0 Å². The van der Waals surface area contributed by atoms with E-state index in [4.69, 9.17) is 4.74 Å². The van der Waals surface area contributed by atoms with Gasteiger partial charge in [0.05, 0.1) is 18.1 Å². The van der Waals surface area contributed by atoms with Gasteiger partial charge in [0.25, 0.3) is 5.91 Å². The highest BCUT2D eigenvalue weighted by Crippen LogP contribution is 2.24. The van der Waals surface area contributed by atoms with Crippen molar-refractivity contribution in [1.82, 2.24) is 4.90 Å². The summed E-state index contributed by atoms with van der Waals surface area (Å²) in [6.07, 6.45) is 3.77. The third-order valence-electron chi connectivity index (χ3n) is 6.03. The van der Waals surface area contributed by atoms with E-state index in [9.17, 15) is 13.2 Å². The highest BCUT2D eigenvalue weighted by molar-refractivity contribution is 7.91. The molecule has 0 aromatic heterocycles. The Bertz CT molecular complexity index is 981. The van der Waals surface area contributed by atoms with E-state index in [1.807, 2.05) is 24.3 Å². The van der Waals surface area contributed by atoms with Crippen molar-refractivity contribution in [2.75, 3.05) is 18.1 Å². The Balaban J connectivity index is 1.76. The van der Waals surface area contributed by atoms with E-state index in [2.05, 4.69) is 32.9 Å². The van der Waals surface area contributed by atoms with Crippen LogP contribution in [-0.4, -0.2) is 43.4 Å². The van der Waals surface area contributed by atoms with E-state index in [1.165, 1.54) is 5.56 Å². The Labute approximate surface area is 192 Å². The summed E-state index contributed by atoms with van der Waals surface area (Å²) in [6, 6.07) is 15.1. The Hall–Kier alpha value is -2.34. The summed E-state index contributed by atoms with van der Waals surface area (Å²) in [6.45, 7) is 7.50. The van der Waals surface area contributed by atoms with Crippen LogP contribution in [0.5, 0.6) is 5.75 Å². The lowest BCUT2D eigenvalue weighted by Crippen LogP contribution is -2.40. The number of benzene rings is 2. The van der Waals surface area contributed by atoms with Crippen LogP contribution in [-0.2, 0) is 16.4 Å². The number of nitrogens with zero attached hydrogens (tertiary/aromatic N) is 1. The number of ether oxygens (including phenoxy) is 1. The van der Waals surface area contributed by atoms with Gasteiger partial charge in [-0.3, -0.25) is 4.79 Å². The van der Waals surface area contributed by atoms with Gasteiger partial charge in [0.15, 0.2) is 9.84 Å². The number of unbranched alkanes of at least 4 members (excludes halogenated alkanes) is 2. The summed E-state index contributed by atoms with van der Waals surface area (Å²) in [5, 5.41) is 0. The van der Waals surface area contributed by atoms with Crippen molar-refractivity contribution in [3.05, 3.63) is 65.2 Å². The molecule has 0 radical (unpaired) electrons. The molecule has 1 unspecified atom stereocenters. The third kappa shape index (κ3) is 6.58. The second-order valence-corrected chi connectivity index (χ2v) is 11.2. The quantitative estimate of drug-likeness (QED) is 0.460. The maximum absolute atomic E-state index is 13.4. The number of hydrogen-bond donors (Lipinski definition) is 0. The molecule has 2 aromatic carbocycles. The molecule has 3 rings (SSSR count). The third-order valence-corrected chi connectivity index (χ3v) is 7.78. The molecule has 1 amide bonds. The first-order chi connectivity index (χ1) is 15.3. The SMILES string of the molecule is CCCCCOc1ccc(C(=O)N(Cc2ccc(C(C)C)cc2)C2CCS(=O)(=O)C2)cc1. The first kappa shape index (κ1) is 24.3. The summed E-state index contributed by atoms with van der Waals surface area (Å²) in [7, 11) is -3.10. The van der Waals surface area contributed by atoms with E-state index in [1.54, 1.807) is 17.0 Å². The minimum atomic E-state index is -3.10. The van der Waals surface area contributed by atoms with Crippen molar-refractivity contribution >= 4 is 15.7 Å². The summed E-state index contributed by atoms with van der Waals surface area (Å²) in [5.74, 6) is 1.21. The van der Waals surface area contributed by atoms with Crippen LogP contribution in [0, 0.1) is 0 Å². The fourth-order valence-corrected chi connectivity index (χ4v) is 5.72. The predicted molar refractivity (Wildman–Crippen MR) is 129 cm³/mol. The number of carbonyl (C=O) groups is 1. The molecular weight excluding hydrogens is 422 g/mol. The lowest BCUT2D eigenvalue weighted by Gasteiger charge is -2.29. The second kappa shape index (κ2) is 11.0. The van der Waals surface area contributed by atoms with Gasteiger partial charge in [0, 0.05) is 18.2 Å². The fraction of sp³-hybridized carbons (Fsp3) is 0.500. The molecule has 0 saturated carbocycles. The molecule has 0 spiro atoms. The minimum Gasteiger partial charge on any atom is -0.494 e. The molecule has 1 saturated heterocycles. The van der Waals surface area contributed by atoms with Gasteiger partial charge in [-0.05, 0) is 54.2 Å². The monoisotopic (exact) mass is 457 g/mol. The van der Waals surface area contributed by atoms with Gasteiger partial charge in [-0.1, -0.05) is 57.9 Å². The van der Waals surface area contributed by atoms with Crippen LogP contribution in [0.4, 0.5) is 0 Å². The Morgan fingerprint density at radius 1 is 1.06 bits per heavy atom. The minimum absolute atomic E-state index is 0.0292. The highest BCUT2D eigenvalue weighted by Gasteiger charge is 2.35. The molecule has 1 atom stereocenters. The maximum Gasteiger partial charge on any atom is 0.254 e. The molecule has 1 heterocycles. The van der Waals surface area contributed by atoms with Crippen molar-refractivity contribution in [3.63, 3.8) is 0 Å². The zero-order chi connectivity index (χ0) is 23.1. The molecule has 0 bridgehead atoms. The predicted octanol–water partition coefficient (Wildman–Crippen LogP) is 5.21. The smallest absolute Gasteiger partial charge is 0.254 e. The van der Waals surface area contributed by atoms with Crippen LogP contribution in [0.25, 0.3) is 0 Å². The summed E-state index contributed by atoms with van der Waals surface area (Å²) in [5.41, 5.74) is 2.79. The van der Waals surface area contributed by atoms with E-state index < -0.39 is 9.84 Å². The van der Waals surface area contributed by atoms with Crippen molar-refractivity contribution in [1.29, 1.82) is 0 Å². The van der Waals surface area contributed by atoms with Crippen molar-refractivity contribution in [2.24, 2.45) is 0 Å². The number of sulfone groups is 1. The normalized spacial score (nSPS) is 17.4. The van der Waals surface area contributed by atoms with Crippen LogP contribution in [0.2, 0.25) is 0 Å². The number of hydrogen-bond acceptors (Lipinski definition) is 4. The molecule has 1 aliphatic heterocycles. The zero-order valence-corrected chi connectivity index (χ0v) is 20.2. The van der Waals surface area contributed by atoms with Crippen LogP contribution in [0.15, 0.2) is 48.5 Å². The van der Waals surface area contributed by atoms with Crippen molar-refractivity contribution in [3.8, 4) is 5.75 Å². The van der Waals surface area contributed by atoms with E-state index in [-0.39, 0.29) is 23.5 Å². The van der Waals surface area contributed by atoms with Gasteiger partial charge in [-0.2, -0.15) is 0 Å². The van der Waals surface area contributed by atoms with Crippen molar-refractivity contribution < 1.29 is 17.9 Å². The fourth-order valence-electron chi connectivity index (χ4n) is 3.99. The van der Waals surface area contributed by atoms with Gasteiger partial charge in [0.1, 0.15) is 5.75 Å². The molecule has 174 valence electrons. The molecule has 6 heteroatoms. The average Bonchev–Trinajstić information content (AvgIpc) is 3.14. The van der Waals surface area contributed by atoms with E-state index in [0.29, 0.717) is 31.1 Å². The molecule has 0 N–H and O–H groups in total. The Morgan fingerprint density at radius 3 is 2.31 bits per heavy atom. The summed E-state index contributed by atoms with van der Waals surface area (Å²) in [4.78, 5) is 15.2. The first-order valence-corrected chi connectivity index (χ1v) is 13.4. The molecule has 1 fully saturated rings. The summed E-state index contributed by atoms with van der Waals surface area (Å²) < 4.78 is 30.0. The molecule has 32 heavy (non-hydrogen) atoms. The lowest BCUT2D eigenvalue weighted by atomic mass is 10.0. The van der Waals surface area contributed by atoms with E-state index >= 15 is 0 Å². The van der Waals surface area contributed by atoms with Gasteiger partial charge < -0.3 is 9.64 Å². The summed E-state index contributed by atoms with van der Waals surface area (Å²) >= 11 is 0. The largest absolute Gasteiger partial charge is 0.494 e. The molecule has 5 nitrogen and oxygen atoms in total. The zero-order valence-electron chi connectivity index (χ0n) is 19.4. The molecule has 1 aliphatic rings. The van der Waals surface area contributed by atoms with Crippen LogP contribution >= 0.6 is 0 Å². The number of rotatable bonds is 10.